The van der Waals surface area contributed by atoms with Gasteiger partial charge >= 0.3 is 5.69 Å². The number of carbonyl (C=O) groups excluding carboxylic acids is 1. The molecule has 6 nitrogen and oxygen atoms in total. The first kappa shape index (κ1) is 21.8. The molecule has 0 fully saturated rings. The van der Waals surface area contributed by atoms with Crippen molar-refractivity contribution >= 4 is 28.7 Å². The number of pyridine rings is 1. The molecule has 0 atom stereocenters. The van der Waals surface area contributed by atoms with Crippen LogP contribution in [0.2, 0.25) is 5.02 Å². The molecule has 1 N–H and O–H groups in total. The molecule has 0 spiro atoms. The Labute approximate surface area is 191 Å². The summed E-state index contributed by atoms with van der Waals surface area (Å²) in [6.45, 7) is 2.51. The molecule has 4 rings (SSSR count). The third kappa shape index (κ3) is 4.60. The minimum Gasteiger partial charge on any atom is -0.354 e. The van der Waals surface area contributed by atoms with E-state index in [-0.39, 0.29) is 18.1 Å². The van der Waals surface area contributed by atoms with Crippen LogP contribution in [0, 0.1) is 0 Å². The van der Waals surface area contributed by atoms with E-state index in [9.17, 15) is 9.59 Å². The van der Waals surface area contributed by atoms with Crippen LogP contribution >= 0.6 is 11.6 Å². The van der Waals surface area contributed by atoms with Crippen molar-refractivity contribution in [3.63, 3.8) is 0 Å². The molecule has 0 aliphatic heterocycles. The van der Waals surface area contributed by atoms with Crippen LogP contribution in [-0.4, -0.2) is 26.6 Å². The molecule has 0 saturated carbocycles. The van der Waals surface area contributed by atoms with E-state index in [1.54, 1.807) is 13.2 Å². The van der Waals surface area contributed by atoms with Crippen LogP contribution in [0.5, 0.6) is 0 Å². The van der Waals surface area contributed by atoms with Gasteiger partial charge in [0.15, 0.2) is 5.65 Å². The van der Waals surface area contributed by atoms with Gasteiger partial charge < -0.3 is 5.32 Å². The normalized spacial score (nSPS) is 11.1. The van der Waals surface area contributed by atoms with Gasteiger partial charge in [-0.3, -0.25) is 13.9 Å². The van der Waals surface area contributed by atoms with E-state index < -0.39 is 0 Å². The highest BCUT2D eigenvalue weighted by atomic mass is 35.5. The van der Waals surface area contributed by atoms with Gasteiger partial charge in [-0.1, -0.05) is 54.9 Å². The zero-order chi connectivity index (χ0) is 22.7. The Hall–Kier alpha value is -3.38. The van der Waals surface area contributed by atoms with Crippen molar-refractivity contribution in [2.75, 3.05) is 6.54 Å². The number of hydrogen-bond donors (Lipinski definition) is 1. The number of fused-ring (bicyclic) bond motifs is 1. The Kier molecular flexibility index (Phi) is 6.42. The van der Waals surface area contributed by atoms with Crippen molar-refractivity contribution in [2.45, 2.75) is 26.3 Å². The Balaban J connectivity index is 1.55. The summed E-state index contributed by atoms with van der Waals surface area (Å²) in [7, 11) is 1.69. The lowest BCUT2D eigenvalue weighted by Crippen LogP contribution is -2.33. The molecular weight excluding hydrogens is 424 g/mol. The number of aryl methyl sites for hydroxylation is 2. The van der Waals surface area contributed by atoms with Crippen LogP contribution in [0.15, 0.2) is 65.6 Å². The number of carbonyl (C=O) groups is 1. The summed E-state index contributed by atoms with van der Waals surface area (Å²) in [5, 5.41) is 3.55. The third-order valence-corrected chi connectivity index (χ3v) is 5.78. The first-order chi connectivity index (χ1) is 15.5. The number of benzene rings is 2. The van der Waals surface area contributed by atoms with E-state index in [1.165, 1.54) is 9.13 Å². The van der Waals surface area contributed by atoms with Gasteiger partial charge in [0, 0.05) is 30.4 Å². The van der Waals surface area contributed by atoms with E-state index in [2.05, 4.69) is 23.3 Å². The number of halogens is 1. The molecule has 1 amide bonds. The largest absolute Gasteiger partial charge is 0.354 e. The number of hydrogen-bond acceptors (Lipinski definition) is 3. The summed E-state index contributed by atoms with van der Waals surface area (Å²) in [5.41, 5.74) is 4.98. The summed E-state index contributed by atoms with van der Waals surface area (Å²) >= 11 is 6.27. The van der Waals surface area contributed by atoms with Crippen molar-refractivity contribution in [2.24, 2.45) is 7.05 Å². The first-order valence-electron chi connectivity index (χ1n) is 10.6. The quantitative estimate of drug-likeness (QED) is 0.465. The second kappa shape index (κ2) is 9.40. The van der Waals surface area contributed by atoms with E-state index in [1.807, 2.05) is 48.5 Å². The van der Waals surface area contributed by atoms with Crippen molar-refractivity contribution in [3.05, 3.63) is 87.4 Å². The molecule has 0 bridgehead atoms. The van der Waals surface area contributed by atoms with Crippen molar-refractivity contribution in [3.8, 4) is 11.1 Å². The van der Waals surface area contributed by atoms with Gasteiger partial charge in [0.1, 0.15) is 6.54 Å². The molecule has 2 aromatic heterocycles. The number of amides is 1. The number of rotatable bonds is 7. The Morgan fingerprint density at radius 1 is 1.06 bits per heavy atom. The summed E-state index contributed by atoms with van der Waals surface area (Å²) in [5.74, 6) is -0.219. The van der Waals surface area contributed by atoms with Gasteiger partial charge in [-0.05, 0) is 47.7 Å². The highest BCUT2D eigenvalue weighted by Crippen LogP contribution is 2.26. The topological polar surface area (TPSA) is 68.9 Å². The lowest BCUT2D eigenvalue weighted by Gasteiger charge is -2.07. The van der Waals surface area contributed by atoms with E-state index in [0.29, 0.717) is 22.7 Å². The summed E-state index contributed by atoms with van der Waals surface area (Å²) < 4.78 is 2.93. The second-order valence-electron chi connectivity index (χ2n) is 7.78. The van der Waals surface area contributed by atoms with Gasteiger partial charge in [0.2, 0.25) is 5.91 Å². The monoisotopic (exact) mass is 448 g/mol. The molecule has 0 unspecified atom stereocenters. The molecule has 7 heteroatoms. The first-order valence-corrected chi connectivity index (χ1v) is 11.0. The molecule has 32 heavy (non-hydrogen) atoms. The fraction of sp³-hybridized carbons (Fsp3) is 0.240. The number of aromatic nitrogens is 3. The van der Waals surface area contributed by atoms with Crippen LogP contribution in [0.25, 0.3) is 22.3 Å². The van der Waals surface area contributed by atoms with Crippen LogP contribution in [0.3, 0.4) is 0 Å². The maximum atomic E-state index is 12.8. The highest BCUT2D eigenvalue weighted by Gasteiger charge is 2.16. The number of imidazole rings is 1. The van der Waals surface area contributed by atoms with Crippen LogP contribution in [-0.2, 0) is 31.2 Å². The van der Waals surface area contributed by atoms with E-state index >= 15 is 0 Å². The molecule has 0 radical (unpaired) electrons. The number of nitrogens with one attached hydrogen (secondary N) is 1. The Morgan fingerprint density at radius 3 is 2.59 bits per heavy atom. The van der Waals surface area contributed by atoms with Crippen LogP contribution < -0.4 is 11.0 Å². The highest BCUT2D eigenvalue weighted by molar-refractivity contribution is 6.31. The fourth-order valence-electron chi connectivity index (χ4n) is 3.79. The van der Waals surface area contributed by atoms with E-state index in [0.717, 1.165) is 35.1 Å². The predicted molar refractivity (Wildman–Crippen MR) is 128 cm³/mol. The van der Waals surface area contributed by atoms with Gasteiger partial charge in [-0.2, -0.15) is 0 Å². The standard InChI is InChI=1S/C25H25ClN4O2/c1-3-17-11-19(13-21(26)12-17)20-14-22-24(28-15-20)30(25(32)29(22)2)16-23(31)27-10-9-18-7-5-4-6-8-18/h4-8,11-15H,3,9-10,16H2,1-2H3,(H,27,31). The summed E-state index contributed by atoms with van der Waals surface area (Å²) in [6, 6.07) is 17.8. The predicted octanol–water partition coefficient (Wildman–Crippen LogP) is 3.98. The molecule has 2 heterocycles. The van der Waals surface area contributed by atoms with Gasteiger partial charge in [0.05, 0.1) is 5.52 Å². The minimum absolute atomic E-state index is 0.0749. The van der Waals surface area contributed by atoms with Crippen molar-refractivity contribution in [1.29, 1.82) is 0 Å². The Bertz CT molecular complexity index is 1330. The van der Waals surface area contributed by atoms with Gasteiger partial charge in [-0.15, -0.1) is 0 Å². The summed E-state index contributed by atoms with van der Waals surface area (Å²) in [6.07, 6.45) is 3.33. The van der Waals surface area contributed by atoms with Gasteiger partial charge in [0.25, 0.3) is 0 Å². The molecule has 164 valence electrons. The fourth-order valence-corrected chi connectivity index (χ4v) is 4.05. The number of nitrogens with zero attached hydrogens (tertiary/aromatic N) is 3. The average molecular weight is 449 g/mol. The molecule has 0 saturated heterocycles. The smallest absolute Gasteiger partial charge is 0.330 e. The molecule has 4 aromatic rings. The lowest BCUT2D eigenvalue weighted by atomic mass is 10.0. The molecule has 0 aliphatic carbocycles. The second-order valence-corrected chi connectivity index (χ2v) is 8.22. The maximum absolute atomic E-state index is 12.8. The zero-order valence-electron chi connectivity index (χ0n) is 18.1. The Morgan fingerprint density at radius 2 is 1.84 bits per heavy atom. The van der Waals surface area contributed by atoms with Crippen molar-refractivity contribution in [1.82, 2.24) is 19.4 Å². The maximum Gasteiger partial charge on any atom is 0.330 e. The lowest BCUT2D eigenvalue weighted by molar-refractivity contribution is -0.121. The molecular formula is C25H25ClN4O2. The average Bonchev–Trinajstić information content (AvgIpc) is 3.03. The summed E-state index contributed by atoms with van der Waals surface area (Å²) in [4.78, 5) is 29.8. The van der Waals surface area contributed by atoms with Crippen LogP contribution in [0.1, 0.15) is 18.1 Å². The van der Waals surface area contributed by atoms with Crippen molar-refractivity contribution < 1.29 is 4.79 Å². The zero-order valence-corrected chi connectivity index (χ0v) is 18.9. The van der Waals surface area contributed by atoms with E-state index in [4.69, 9.17) is 11.6 Å². The molecule has 0 aliphatic rings. The SMILES string of the molecule is CCc1cc(Cl)cc(-c2cnc3c(c2)n(C)c(=O)n3CC(=O)NCCc2ccccc2)c1. The third-order valence-electron chi connectivity index (χ3n) is 5.56. The minimum atomic E-state index is -0.275. The molecule has 2 aromatic carbocycles. The van der Waals surface area contributed by atoms with Gasteiger partial charge in [-0.25, -0.2) is 9.78 Å². The van der Waals surface area contributed by atoms with Crippen LogP contribution in [0.4, 0.5) is 0 Å².